The molecule has 2 aromatic rings. The zero-order valence-corrected chi connectivity index (χ0v) is 12.0. The lowest BCUT2D eigenvalue weighted by Gasteiger charge is -2.11. The number of carbonyl (C=O) groups excluding carboxylic acids is 1. The predicted octanol–water partition coefficient (Wildman–Crippen LogP) is 3.29. The number of nitrogens with one attached hydrogen (secondary N) is 2. The maximum Gasteiger partial charge on any atom is 0.228 e. The maximum atomic E-state index is 12.0. The molecule has 0 aliphatic carbocycles. The number of hydrogen-bond acceptors (Lipinski definition) is 2. The highest BCUT2D eigenvalue weighted by Crippen LogP contribution is 2.24. The first kappa shape index (κ1) is 13.8. The van der Waals surface area contributed by atoms with Crippen molar-refractivity contribution in [2.75, 3.05) is 11.9 Å². The lowest BCUT2D eigenvalue weighted by Crippen LogP contribution is -2.15. The Morgan fingerprint density at radius 1 is 1.10 bits per heavy atom. The van der Waals surface area contributed by atoms with Gasteiger partial charge < -0.3 is 10.6 Å². The van der Waals surface area contributed by atoms with Crippen LogP contribution in [0.3, 0.4) is 0 Å². The molecule has 0 bridgehead atoms. The van der Waals surface area contributed by atoms with Crippen LogP contribution in [0, 0.1) is 0 Å². The van der Waals surface area contributed by atoms with Crippen molar-refractivity contribution in [3.8, 4) is 0 Å². The minimum absolute atomic E-state index is 0.0212. The van der Waals surface area contributed by atoms with Gasteiger partial charge in [-0.25, -0.2) is 0 Å². The Kier molecular flexibility index (Phi) is 4.31. The standard InChI is InChI=1S/C18H20N2O/c21-18(13-14-5-2-1-3-6-14)20-16-10-8-15(9-11-16)17-7-4-12-19-17/h1-3,5-6,8-11,17,19H,4,7,12-13H2,(H,20,21). The molecule has 1 saturated heterocycles. The smallest absolute Gasteiger partial charge is 0.228 e. The van der Waals surface area contributed by atoms with Crippen LogP contribution in [0.15, 0.2) is 54.6 Å². The topological polar surface area (TPSA) is 41.1 Å². The first-order valence-corrected chi connectivity index (χ1v) is 7.48. The van der Waals surface area contributed by atoms with Crippen LogP contribution >= 0.6 is 0 Å². The second-order valence-electron chi connectivity index (χ2n) is 5.48. The van der Waals surface area contributed by atoms with Gasteiger partial charge in [-0.3, -0.25) is 4.79 Å². The first-order valence-electron chi connectivity index (χ1n) is 7.48. The average Bonchev–Trinajstić information content (AvgIpc) is 3.03. The van der Waals surface area contributed by atoms with Crippen molar-refractivity contribution in [1.29, 1.82) is 0 Å². The summed E-state index contributed by atoms with van der Waals surface area (Å²) in [6.45, 7) is 1.10. The Morgan fingerprint density at radius 2 is 1.86 bits per heavy atom. The van der Waals surface area contributed by atoms with Gasteiger partial charge in [0.25, 0.3) is 0 Å². The highest BCUT2D eigenvalue weighted by Gasteiger charge is 2.15. The van der Waals surface area contributed by atoms with Gasteiger partial charge in [-0.05, 0) is 42.6 Å². The van der Waals surface area contributed by atoms with E-state index in [0.717, 1.165) is 17.8 Å². The molecule has 2 N–H and O–H groups in total. The van der Waals surface area contributed by atoms with Gasteiger partial charge in [0.2, 0.25) is 5.91 Å². The van der Waals surface area contributed by atoms with Crippen LogP contribution in [0.4, 0.5) is 5.69 Å². The molecule has 108 valence electrons. The monoisotopic (exact) mass is 280 g/mol. The molecule has 3 rings (SSSR count). The fourth-order valence-electron chi connectivity index (χ4n) is 2.75. The summed E-state index contributed by atoms with van der Waals surface area (Å²) in [4.78, 5) is 12.0. The molecule has 3 nitrogen and oxygen atoms in total. The van der Waals surface area contributed by atoms with E-state index >= 15 is 0 Å². The SMILES string of the molecule is O=C(Cc1ccccc1)Nc1ccc(C2CCCN2)cc1. The van der Waals surface area contributed by atoms with Crippen molar-refractivity contribution < 1.29 is 4.79 Å². The average molecular weight is 280 g/mol. The highest BCUT2D eigenvalue weighted by atomic mass is 16.1. The van der Waals surface area contributed by atoms with E-state index < -0.39 is 0 Å². The zero-order valence-electron chi connectivity index (χ0n) is 12.0. The van der Waals surface area contributed by atoms with Gasteiger partial charge in [0.1, 0.15) is 0 Å². The lowest BCUT2D eigenvalue weighted by molar-refractivity contribution is -0.115. The van der Waals surface area contributed by atoms with Crippen molar-refractivity contribution >= 4 is 11.6 Å². The summed E-state index contributed by atoms with van der Waals surface area (Å²) in [5.41, 5.74) is 3.19. The molecule has 1 unspecified atom stereocenters. The third kappa shape index (κ3) is 3.70. The molecular weight excluding hydrogens is 260 g/mol. The molecule has 3 heteroatoms. The summed E-state index contributed by atoms with van der Waals surface area (Å²) >= 11 is 0. The number of anilines is 1. The molecule has 1 fully saturated rings. The summed E-state index contributed by atoms with van der Waals surface area (Å²) < 4.78 is 0. The molecule has 1 aliphatic heterocycles. The van der Waals surface area contributed by atoms with E-state index in [2.05, 4.69) is 22.8 Å². The zero-order chi connectivity index (χ0) is 14.5. The van der Waals surface area contributed by atoms with Crippen molar-refractivity contribution in [2.45, 2.75) is 25.3 Å². The third-order valence-electron chi connectivity index (χ3n) is 3.86. The summed E-state index contributed by atoms with van der Waals surface area (Å²) in [7, 11) is 0. The van der Waals surface area contributed by atoms with Crippen molar-refractivity contribution in [2.24, 2.45) is 0 Å². The fourth-order valence-corrected chi connectivity index (χ4v) is 2.75. The molecule has 21 heavy (non-hydrogen) atoms. The fraction of sp³-hybridized carbons (Fsp3) is 0.278. The van der Waals surface area contributed by atoms with Gasteiger partial charge in [0, 0.05) is 11.7 Å². The summed E-state index contributed by atoms with van der Waals surface area (Å²) in [6.07, 6.45) is 2.84. The molecule has 2 aromatic carbocycles. The minimum atomic E-state index is 0.0212. The Morgan fingerprint density at radius 3 is 2.52 bits per heavy atom. The molecule has 0 aromatic heterocycles. The molecule has 1 aliphatic rings. The number of hydrogen-bond donors (Lipinski definition) is 2. The van der Waals surface area contributed by atoms with Crippen LogP contribution in [0.2, 0.25) is 0 Å². The normalized spacial score (nSPS) is 17.6. The Hall–Kier alpha value is -2.13. The van der Waals surface area contributed by atoms with Gasteiger partial charge in [0.15, 0.2) is 0 Å². The van der Waals surface area contributed by atoms with Gasteiger partial charge >= 0.3 is 0 Å². The van der Waals surface area contributed by atoms with Gasteiger partial charge in [-0.2, -0.15) is 0 Å². The first-order chi connectivity index (χ1) is 10.3. The van der Waals surface area contributed by atoms with E-state index in [1.54, 1.807) is 0 Å². The number of amides is 1. The largest absolute Gasteiger partial charge is 0.326 e. The van der Waals surface area contributed by atoms with Crippen LogP contribution in [0.1, 0.15) is 30.0 Å². The summed E-state index contributed by atoms with van der Waals surface area (Å²) in [5.74, 6) is 0.0212. The maximum absolute atomic E-state index is 12.0. The Balaban J connectivity index is 1.58. The predicted molar refractivity (Wildman–Crippen MR) is 85.2 cm³/mol. The van der Waals surface area contributed by atoms with E-state index in [4.69, 9.17) is 0 Å². The van der Waals surface area contributed by atoms with Crippen LogP contribution < -0.4 is 10.6 Å². The molecule has 0 saturated carbocycles. The Labute approximate surface area is 125 Å². The van der Waals surface area contributed by atoms with Crippen LogP contribution in [-0.2, 0) is 11.2 Å². The van der Waals surface area contributed by atoms with Gasteiger partial charge in [-0.15, -0.1) is 0 Å². The van der Waals surface area contributed by atoms with Crippen molar-refractivity contribution in [3.05, 3.63) is 65.7 Å². The Bertz CT molecular complexity index is 586. The van der Waals surface area contributed by atoms with Crippen molar-refractivity contribution in [1.82, 2.24) is 5.32 Å². The molecular formula is C18H20N2O. The third-order valence-corrected chi connectivity index (χ3v) is 3.86. The summed E-state index contributed by atoms with van der Waals surface area (Å²) in [6, 6.07) is 18.4. The number of rotatable bonds is 4. The van der Waals surface area contributed by atoms with Gasteiger partial charge in [-0.1, -0.05) is 42.5 Å². The van der Waals surface area contributed by atoms with E-state index in [1.807, 2.05) is 42.5 Å². The molecule has 0 radical (unpaired) electrons. The van der Waals surface area contributed by atoms with Crippen molar-refractivity contribution in [3.63, 3.8) is 0 Å². The van der Waals surface area contributed by atoms with Crippen LogP contribution in [0.5, 0.6) is 0 Å². The highest BCUT2D eigenvalue weighted by molar-refractivity contribution is 5.92. The summed E-state index contributed by atoms with van der Waals surface area (Å²) in [5, 5.41) is 6.43. The lowest BCUT2D eigenvalue weighted by atomic mass is 10.1. The number of carbonyl (C=O) groups is 1. The minimum Gasteiger partial charge on any atom is -0.326 e. The van der Waals surface area contributed by atoms with E-state index in [-0.39, 0.29) is 5.91 Å². The van der Waals surface area contributed by atoms with E-state index in [9.17, 15) is 4.79 Å². The van der Waals surface area contributed by atoms with E-state index in [0.29, 0.717) is 12.5 Å². The molecule has 1 heterocycles. The quantitative estimate of drug-likeness (QED) is 0.902. The van der Waals surface area contributed by atoms with Crippen LogP contribution in [0.25, 0.3) is 0 Å². The molecule has 1 atom stereocenters. The molecule has 1 amide bonds. The second-order valence-corrected chi connectivity index (χ2v) is 5.48. The van der Waals surface area contributed by atoms with Gasteiger partial charge in [0.05, 0.1) is 6.42 Å². The number of benzene rings is 2. The van der Waals surface area contributed by atoms with Crippen LogP contribution in [-0.4, -0.2) is 12.5 Å². The molecule has 0 spiro atoms. The van der Waals surface area contributed by atoms with E-state index in [1.165, 1.54) is 18.4 Å². The second kappa shape index (κ2) is 6.55.